The van der Waals surface area contributed by atoms with Crippen molar-refractivity contribution >= 4 is 28.5 Å². The number of aldehydes is 1. The predicted octanol–water partition coefficient (Wildman–Crippen LogP) is 0.236. The van der Waals surface area contributed by atoms with Gasteiger partial charge in [0.2, 0.25) is 0 Å². The first kappa shape index (κ1) is 9.22. The lowest BCUT2D eigenvalue weighted by atomic mass is 10.3. The Hall–Kier alpha value is -1.87. The van der Waals surface area contributed by atoms with Crippen LogP contribution in [0.15, 0.2) is 10.5 Å². The molecule has 1 heterocycles. The highest BCUT2D eigenvalue weighted by Crippen LogP contribution is 2.11. The molecular formula is C7H5N3O2S. The standard InChI is InChI=1S/C7H5N3O2S/c1-2-12-10-5(3-11)6-4-13-7(8)9-6/h1,3-4H,(H2,8,9). The molecule has 66 valence electrons. The Labute approximate surface area is 78.2 Å². The molecule has 0 radical (unpaired) electrons. The van der Waals surface area contributed by atoms with Crippen molar-refractivity contribution < 1.29 is 9.63 Å². The Balaban J connectivity index is 2.91. The number of rotatable bonds is 3. The number of terminal acetylenes is 1. The Kier molecular flexibility index (Phi) is 3.00. The number of hydrogen-bond acceptors (Lipinski definition) is 6. The molecule has 0 saturated heterocycles. The smallest absolute Gasteiger partial charge is 0.180 e. The molecule has 0 aliphatic heterocycles. The topological polar surface area (TPSA) is 77.6 Å². The molecule has 1 rings (SSSR count). The molecule has 2 N–H and O–H groups in total. The zero-order valence-electron chi connectivity index (χ0n) is 6.43. The summed E-state index contributed by atoms with van der Waals surface area (Å²) in [7, 11) is 0. The van der Waals surface area contributed by atoms with Gasteiger partial charge >= 0.3 is 0 Å². The highest BCUT2D eigenvalue weighted by atomic mass is 32.1. The molecule has 0 atom stereocenters. The SMILES string of the molecule is C#CON=C(C=O)c1csc(N)n1. The first-order chi connectivity index (χ1) is 6.27. The maximum absolute atomic E-state index is 10.5. The second-order valence-corrected chi connectivity index (χ2v) is 2.76. The van der Waals surface area contributed by atoms with Gasteiger partial charge < -0.3 is 10.6 Å². The number of nitrogen functional groups attached to an aromatic ring is 1. The van der Waals surface area contributed by atoms with Crippen molar-refractivity contribution in [1.29, 1.82) is 0 Å². The number of carbonyl (C=O) groups excluding carboxylic acids is 1. The van der Waals surface area contributed by atoms with Crippen molar-refractivity contribution in [2.45, 2.75) is 0 Å². The number of anilines is 1. The van der Waals surface area contributed by atoms with Crippen molar-refractivity contribution in [1.82, 2.24) is 4.98 Å². The molecule has 0 fully saturated rings. The van der Waals surface area contributed by atoms with Gasteiger partial charge in [0.25, 0.3) is 0 Å². The van der Waals surface area contributed by atoms with E-state index in [1.807, 2.05) is 6.11 Å². The number of nitrogens with zero attached hydrogens (tertiary/aromatic N) is 2. The van der Waals surface area contributed by atoms with E-state index in [9.17, 15) is 4.79 Å². The maximum Gasteiger partial charge on any atom is 0.180 e. The number of carbonyl (C=O) groups is 1. The fourth-order valence-corrected chi connectivity index (χ4v) is 1.17. The highest BCUT2D eigenvalue weighted by molar-refractivity contribution is 7.13. The fourth-order valence-electron chi connectivity index (χ4n) is 0.609. The van der Waals surface area contributed by atoms with Crippen LogP contribution in [0.2, 0.25) is 0 Å². The monoisotopic (exact) mass is 195 g/mol. The maximum atomic E-state index is 10.5. The summed E-state index contributed by atoms with van der Waals surface area (Å²) in [5.41, 5.74) is 5.73. The van der Waals surface area contributed by atoms with E-state index in [2.05, 4.69) is 15.0 Å². The lowest BCUT2D eigenvalue weighted by molar-refractivity contribution is -0.102. The third-order valence-electron chi connectivity index (χ3n) is 1.09. The zero-order valence-corrected chi connectivity index (χ0v) is 7.25. The lowest BCUT2D eigenvalue weighted by Crippen LogP contribution is -2.03. The number of hydrogen-bond donors (Lipinski definition) is 1. The second-order valence-electron chi connectivity index (χ2n) is 1.87. The van der Waals surface area contributed by atoms with Crippen LogP contribution in [0.3, 0.4) is 0 Å². The summed E-state index contributed by atoms with van der Waals surface area (Å²) in [6.45, 7) is 0. The van der Waals surface area contributed by atoms with Gasteiger partial charge in [-0.25, -0.2) is 4.98 Å². The van der Waals surface area contributed by atoms with Gasteiger partial charge in [0, 0.05) is 5.38 Å². The van der Waals surface area contributed by atoms with Gasteiger partial charge in [-0.2, -0.15) is 0 Å². The molecule has 0 bridgehead atoms. The quantitative estimate of drug-likeness (QED) is 0.324. The van der Waals surface area contributed by atoms with E-state index in [4.69, 9.17) is 12.2 Å². The van der Waals surface area contributed by atoms with Gasteiger partial charge in [-0.1, -0.05) is 11.6 Å². The van der Waals surface area contributed by atoms with Gasteiger partial charge in [0.1, 0.15) is 11.8 Å². The average molecular weight is 195 g/mol. The Morgan fingerprint density at radius 1 is 1.92 bits per heavy atom. The minimum atomic E-state index is 0.0194. The van der Waals surface area contributed by atoms with Crippen LogP contribution in [0.5, 0.6) is 0 Å². The van der Waals surface area contributed by atoms with E-state index >= 15 is 0 Å². The molecule has 1 aromatic rings. The largest absolute Gasteiger partial charge is 0.375 e. The van der Waals surface area contributed by atoms with Crippen molar-refractivity contribution in [3.05, 3.63) is 11.1 Å². The summed E-state index contributed by atoms with van der Waals surface area (Å²) in [6, 6.07) is 0. The molecule has 1 aromatic heterocycles. The molecule has 13 heavy (non-hydrogen) atoms. The van der Waals surface area contributed by atoms with Crippen molar-refractivity contribution in [2.24, 2.45) is 5.16 Å². The molecule has 0 aliphatic rings. The third kappa shape index (κ3) is 2.28. The minimum absolute atomic E-state index is 0.0194. The van der Waals surface area contributed by atoms with E-state index in [0.29, 0.717) is 17.1 Å². The molecular weight excluding hydrogens is 190 g/mol. The second kappa shape index (κ2) is 4.23. The van der Waals surface area contributed by atoms with Crippen LogP contribution in [-0.2, 0) is 9.63 Å². The van der Waals surface area contributed by atoms with E-state index in [-0.39, 0.29) is 5.71 Å². The average Bonchev–Trinajstić information content (AvgIpc) is 2.54. The Morgan fingerprint density at radius 2 is 2.69 bits per heavy atom. The summed E-state index contributed by atoms with van der Waals surface area (Å²) >= 11 is 1.20. The van der Waals surface area contributed by atoms with E-state index in [1.54, 1.807) is 5.38 Å². The molecule has 0 aromatic carbocycles. The van der Waals surface area contributed by atoms with E-state index in [1.165, 1.54) is 11.3 Å². The van der Waals surface area contributed by atoms with Crippen LogP contribution >= 0.6 is 11.3 Å². The van der Waals surface area contributed by atoms with Crippen LogP contribution in [-0.4, -0.2) is 17.0 Å². The normalized spacial score (nSPS) is 10.5. The molecule has 5 nitrogen and oxygen atoms in total. The van der Waals surface area contributed by atoms with Crippen LogP contribution in [0.1, 0.15) is 5.69 Å². The van der Waals surface area contributed by atoms with E-state index < -0.39 is 0 Å². The zero-order chi connectivity index (χ0) is 9.68. The Bertz CT molecular complexity index is 377. The van der Waals surface area contributed by atoms with Crippen molar-refractivity contribution in [3.63, 3.8) is 0 Å². The van der Waals surface area contributed by atoms with Gasteiger partial charge in [-0.15, -0.1) is 11.3 Å². The molecule has 0 spiro atoms. The lowest BCUT2D eigenvalue weighted by Gasteiger charge is -1.89. The molecule has 0 aliphatic carbocycles. The van der Waals surface area contributed by atoms with Crippen LogP contribution in [0.4, 0.5) is 5.13 Å². The number of aromatic nitrogens is 1. The number of oxime groups is 1. The van der Waals surface area contributed by atoms with Gasteiger partial charge in [-0.3, -0.25) is 4.79 Å². The molecule has 6 heteroatoms. The summed E-state index contributed by atoms with van der Waals surface area (Å²) in [4.78, 5) is 18.5. The predicted molar refractivity (Wildman–Crippen MR) is 49.0 cm³/mol. The van der Waals surface area contributed by atoms with Crippen LogP contribution in [0.25, 0.3) is 0 Å². The van der Waals surface area contributed by atoms with Gasteiger partial charge in [-0.05, 0) is 0 Å². The number of nitrogens with two attached hydrogens (primary N) is 1. The van der Waals surface area contributed by atoms with Crippen molar-refractivity contribution in [2.75, 3.05) is 5.73 Å². The first-order valence-electron chi connectivity index (χ1n) is 3.14. The first-order valence-corrected chi connectivity index (χ1v) is 4.02. The summed E-state index contributed by atoms with van der Waals surface area (Å²) in [5, 5.41) is 5.28. The van der Waals surface area contributed by atoms with Gasteiger partial charge in [0.05, 0.1) is 0 Å². The van der Waals surface area contributed by atoms with Crippen LogP contribution < -0.4 is 5.73 Å². The molecule has 0 unspecified atom stereocenters. The summed E-state index contributed by atoms with van der Waals surface area (Å²) in [6.07, 6.45) is 7.08. The highest BCUT2D eigenvalue weighted by Gasteiger charge is 2.06. The Morgan fingerprint density at radius 3 is 3.15 bits per heavy atom. The van der Waals surface area contributed by atoms with Gasteiger partial charge in [0.15, 0.2) is 17.1 Å². The third-order valence-corrected chi connectivity index (χ3v) is 1.77. The number of thiazole rings is 1. The fraction of sp³-hybridized carbons (Fsp3) is 0. The molecule has 0 amide bonds. The van der Waals surface area contributed by atoms with Crippen molar-refractivity contribution in [3.8, 4) is 12.5 Å². The van der Waals surface area contributed by atoms with E-state index in [0.717, 1.165) is 0 Å². The van der Waals surface area contributed by atoms with Crippen LogP contribution in [0, 0.1) is 12.5 Å². The minimum Gasteiger partial charge on any atom is -0.375 e. The molecule has 0 saturated carbocycles. The summed E-state index contributed by atoms with van der Waals surface area (Å²) in [5.74, 6) is 0. The summed E-state index contributed by atoms with van der Waals surface area (Å²) < 4.78 is 0.